The lowest BCUT2D eigenvalue weighted by atomic mass is 9.80. The molecule has 0 radical (unpaired) electrons. The van der Waals surface area contributed by atoms with Crippen LogP contribution in [0.2, 0.25) is 0 Å². The minimum absolute atomic E-state index is 0.212. The predicted molar refractivity (Wildman–Crippen MR) is 79.1 cm³/mol. The average Bonchev–Trinajstić information content (AvgIpc) is 2.99. The van der Waals surface area contributed by atoms with Gasteiger partial charge in [0.1, 0.15) is 0 Å². The number of ether oxygens (including phenoxy) is 1. The van der Waals surface area contributed by atoms with Crippen LogP contribution in [0.4, 0.5) is 0 Å². The number of nitrogens with two attached hydrogens (primary N) is 1. The van der Waals surface area contributed by atoms with E-state index in [9.17, 15) is 0 Å². The molecule has 1 fully saturated rings. The molecular formula is C16H21N3O2. The minimum atomic E-state index is -0.212. The highest BCUT2D eigenvalue weighted by molar-refractivity contribution is 5.24. The summed E-state index contributed by atoms with van der Waals surface area (Å²) in [6.07, 6.45) is 2.37. The molecule has 21 heavy (non-hydrogen) atoms. The van der Waals surface area contributed by atoms with Crippen molar-refractivity contribution in [2.45, 2.75) is 31.6 Å². The number of benzene rings is 1. The first-order chi connectivity index (χ1) is 10.2. The number of aromatic nitrogens is 2. The first-order valence-electron chi connectivity index (χ1n) is 7.38. The zero-order valence-corrected chi connectivity index (χ0v) is 12.3. The lowest BCUT2D eigenvalue weighted by Crippen LogP contribution is -2.40. The summed E-state index contributed by atoms with van der Waals surface area (Å²) < 4.78 is 10.9. The Labute approximate surface area is 124 Å². The van der Waals surface area contributed by atoms with Gasteiger partial charge in [0.25, 0.3) is 0 Å². The summed E-state index contributed by atoms with van der Waals surface area (Å²) in [4.78, 5) is 4.58. The van der Waals surface area contributed by atoms with Crippen LogP contribution in [0.3, 0.4) is 0 Å². The number of rotatable bonds is 4. The van der Waals surface area contributed by atoms with Crippen molar-refractivity contribution in [3.05, 3.63) is 47.1 Å². The second kappa shape index (κ2) is 5.95. The molecule has 0 atom stereocenters. The molecular weight excluding hydrogens is 266 g/mol. The molecule has 3 rings (SSSR count). The zero-order valence-electron chi connectivity index (χ0n) is 12.3. The Balaban J connectivity index is 1.77. The quantitative estimate of drug-likeness (QED) is 0.930. The van der Waals surface area contributed by atoms with Gasteiger partial charge in [0.15, 0.2) is 5.82 Å². The summed E-state index contributed by atoms with van der Waals surface area (Å²) in [7, 11) is 0. The van der Waals surface area contributed by atoms with Crippen LogP contribution < -0.4 is 5.73 Å². The Kier molecular flexibility index (Phi) is 4.03. The molecule has 0 bridgehead atoms. The lowest BCUT2D eigenvalue weighted by Gasteiger charge is -2.32. The first-order valence-corrected chi connectivity index (χ1v) is 7.38. The van der Waals surface area contributed by atoms with Crippen molar-refractivity contribution < 1.29 is 9.26 Å². The average molecular weight is 287 g/mol. The third kappa shape index (κ3) is 2.99. The minimum Gasteiger partial charge on any atom is -0.381 e. The second-order valence-electron chi connectivity index (χ2n) is 5.77. The summed E-state index contributed by atoms with van der Waals surface area (Å²) in [5, 5.41) is 4.12. The fraction of sp³-hybridized carbons (Fsp3) is 0.500. The second-order valence-corrected chi connectivity index (χ2v) is 5.77. The van der Waals surface area contributed by atoms with Crippen LogP contribution in [0.5, 0.6) is 0 Å². The zero-order chi connectivity index (χ0) is 14.7. The van der Waals surface area contributed by atoms with Gasteiger partial charge in [0, 0.05) is 26.2 Å². The highest BCUT2D eigenvalue weighted by Gasteiger charge is 2.38. The Morgan fingerprint density at radius 1 is 1.19 bits per heavy atom. The van der Waals surface area contributed by atoms with E-state index in [-0.39, 0.29) is 5.41 Å². The van der Waals surface area contributed by atoms with Gasteiger partial charge in [-0.2, -0.15) is 4.98 Å². The maximum Gasteiger partial charge on any atom is 0.234 e. The van der Waals surface area contributed by atoms with Crippen molar-refractivity contribution in [2.75, 3.05) is 19.8 Å². The lowest BCUT2D eigenvalue weighted by molar-refractivity contribution is 0.0409. The fourth-order valence-corrected chi connectivity index (χ4v) is 2.70. The van der Waals surface area contributed by atoms with Crippen LogP contribution in [0.1, 0.15) is 35.7 Å². The normalized spacial score (nSPS) is 17.8. The van der Waals surface area contributed by atoms with Crippen LogP contribution in [-0.4, -0.2) is 29.9 Å². The van der Waals surface area contributed by atoms with Gasteiger partial charge < -0.3 is 15.0 Å². The van der Waals surface area contributed by atoms with Crippen molar-refractivity contribution in [3.8, 4) is 0 Å². The topological polar surface area (TPSA) is 74.2 Å². The molecule has 1 aliphatic rings. The molecule has 2 heterocycles. The molecule has 5 heteroatoms. The van der Waals surface area contributed by atoms with E-state index in [0.29, 0.717) is 37.9 Å². The molecule has 1 saturated heterocycles. The van der Waals surface area contributed by atoms with E-state index >= 15 is 0 Å². The fourth-order valence-electron chi connectivity index (χ4n) is 2.70. The predicted octanol–water partition coefficient (Wildman–Crippen LogP) is 1.98. The van der Waals surface area contributed by atoms with Crippen molar-refractivity contribution in [1.29, 1.82) is 0 Å². The van der Waals surface area contributed by atoms with E-state index in [0.717, 1.165) is 12.8 Å². The number of hydrogen-bond acceptors (Lipinski definition) is 5. The van der Waals surface area contributed by atoms with Crippen molar-refractivity contribution in [3.63, 3.8) is 0 Å². The molecule has 1 aromatic heterocycles. The smallest absolute Gasteiger partial charge is 0.234 e. The Morgan fingerprint density at radius 2 is 1.90 bits per heavy atom. The molecule has 0 saturated carbocycles. The third-order valence-corrected chi connectivity index (χ3v) is 4.25. The van der Waals surface area contributed by atoms with Gasteiger partial charge in [-0.25, -0.2) is 0 Å². The van der Waals surface area contributed by atoms with Crippen LogP contribution >= 0.6 is 0 Å². The summed E-state index contributed by atoms with van der Waals surface area (Å²) in [5.41, 5.74) is 8.18. The van der Waals surface area contributed by atoms with Gasteiger partial charge in [-0.15, -0.1) is 0 Å². The van der Waals surface area contributed by atoms with Crippen LogP contribution in [-0.2, 0) is 16.6 Å². The molecule has 0 aliphatic carbocycles. The maximum atomic E-state index is 5.97. The molecule has 2 aromatic rings. The SMILES string of the molecule is Cc1ccc(Cc2noc(C3(CN)CCOCC3)n2)cc1. The summed E-state index contributed by atoms with van der Waals surface area (Å²) in [6, 6.07) is 8.38. The van der Waals surface area contributed by atoms with Crippen molar-refractivity contribution >= 4 is 0 Å². The highest BCUT2D eigenvalue weighted by Crippen LogP contribution is 2.32. The largest absolute Gasteiger partial charge is 0.381 e. The van der Waals surface area contributed by atoms with Gasteiger partial charge >= 0.3 is 0 Å². The molecule has 0 spiro atoms. The van der Waals surface area contributed by atoms with Crippen molar-refractivity contribution in [1.82, 2.24) is 10.1 Å². The molecule has 1 aromatic carbocycles. The first kappa shape index (κ1) is 14.2. The highest BCUT2D eigenvalue weighted by atomic mass is 16.5. The maximum absolute atomic E-state index is 5.97. The number of hydrogen-bond donors (Lipinski definition) is 1. The number of nitrogens with zero attached hydrogens (tertiary/aromatic N) is 2. The summed E-state index contributed by atoms with van der Waals surface area (Å²) in [6.45, 7) is 3.99. The molecule has 0 unspecified atom stereocenters. The standard InChI is InChI=1S/C16H21N3O2/c1-12-2-4-13(5-3-12)10-14-18-15(21-19-14)16(11-17)6-8-20-9-7-16/h2-5H,6-11,17H2,1H3. The Bertz CT molecular complexity index is 586. The van der Waals surface area contributed by atoms with E-state index < -0.39 is 0 Å². The van der Waals surface area contributed by atoms with E-state index in [1.807, 2.05) is 0 Å². The van der Waals surface area contributed by atoms with Crippen LogP contribution in [0.25, 0.3) is 0 Å². The molecule has 5 nitrogen and oxygen atoms in total. The van der Waals surface area contributed by atoms with E-state index in [4.69, 9.17) is 15.0 Å². The molecule has 0 amide bonds. The Hall–Kier alpha value is -1.72. The molecule has 2 N–H and O–H groups in total. The Morgan fingerprint density at radius 3 is 2.57 bits per heavy atom. The van der Waals surface area contributed by atoms with Gasteiger partial charge in [-0.05, 0) is 25.3 Å². The van der Waals surface area contributed by atoms with E-state index in [1.165, 1.54) is 11.1 Å². The van der Waals surface area contributed by atoms with Crippen LogP contribution in [0.15, 0.2) is 28.8 Å². The van der Waals surface area contributed by atoms with Crippen LogP contribution in [0, 0.1) is 6.92 Å². The summed E-state index contributed by atoms with van der Waals surface area (Å²) in [5.74, 6) is 1.38. The number of aryl methyl sites for hydroxylation is 1. The van der Waals surface area contributed by atoms with E-state index in [2.05, 4.69) is 41.3 Å². The van der Waals surface area contributed by atoms with Gasteiger partial charge in [0.2, 0.25) is 5.89 Å². The summed E-state index contributed by atoms with van der Waals surface area (Å²) >= 11 is 0. The third-order valence-electron chi connectivity index (χ3n) is 4.25. The molecule has 112 valence electrons. The van der Waals surface area contributed by atoms with Gasteiger partial charge in [0.05, 0.1) is 5.41 Å². The monoisotopic (exact) mass is 287 g/mol. The molecule has 1 aliphatic heterocycles. The van der Waals surface area contributed by atoms with Gasteiger partial charge in [-0.1, -0.05) is 35.0 Å². The van der Waals surface area contributed by atoms with Crippen molar-refractivity contribution in [2.24, 2.45) is 5.73 Å². The van der Waals surface area contributed by atoms with E-state index in [1.54, 1.807) is 0 Å². The van der Waals surface area contributed by atoms with Gasteiger partial charge in [-0.3, -0.25) is 0 Å².